The van der Waals surface area contributed by atoms with Crippen molar-refractivity contribution in [3.05, 3.63) is 91.0 Å². The standard InChI is InChI=1S/C25H30N3P/c1-20(2)26-25(27-22-14-8-5-9-15-22)28(21(3)4)29(23-16-10-6-11-17-23)24-18-12-7-13-19-24/h5-21H,1-4H3,(H,26,27). The summed E-state index contributed by atoms with van der Waals surface area (Å²) >= 11 is 0. The Kier molecular flexibility index (Phi) is 7.43. The molecule has 0 fully saturated rings. The summed E-state index contributed by atoms with van der Waals surface area (Å²) in [6.45, 7) is 8.80. The monoisotopic (exact) mass is 403 g/mol. The fourth-order valence-electron chi connectivity index (χ4n) is 3.14. The minimum atomic E-state index is -0.780. The second kappa shape index (κ2) is 10.2. The quantitative estimate of drug-likeness (QED) is 0.338. The molecule has 3 nitrogen and oxygen atoms in total. The van der Waals surface area contributed by atoms with Gasteiger partial charge in [-0.15, -0.1) is 0 Å². The highest BCUT2D eigenvalue weighted by Gasteiger charge is 2.28. The number of guanidine groups is 1. The van der Waals surface area contributed by atoms with Crippen LogP contribution in [-0.2, 0) is 0 Å². The zero-order valence-corrected chi connectivity index (χ0v) is 18.6. The van der Waals surface area contributed by atoms with Crippen LogP contribution in [0.15, 0.2) is 96.0 Å². The summed E-state index contributed by atoms with van der Waals surface area (Å²) in [7, 11) is -0.780. The number of hydrogen-bond donors (Lipinski definition) is 1. The van der Waals surface area contributed by atoms with Gasteiger partial charge < -0.3 is 9.99 Å². The van der Waals surface area contributed by atoms with Crippen molar-refractivity contribution in [2.45, 2.75) is 39.8 Å². The van der Waals surface area contributed by atoms with Crippen LogP contribution in [0.3, 0.4) is 0 Å². The van der Waals surface area contributed by atoms with Gasteiger partial charge in [-0.25, -0.2) is 4.99 Å². The van der Waals surface area contributed by atoms with Gasteiger partial charge in [0.2, 0.25) is 5.96 Å². The Hall–Kier alpha value is -2.64. The lowest BCUT2D eigenvalue weighted by atomic mass is 10.3. The van der Waals surface area contributed by atoms with Crippen molar-refractivity contribution in [2.24, 2.45) is 4.99 Å². The van der Waals surface area contributed by atoms with Gasteiger partial charge in [-0.05, 0) is 39.8 Å². The minimum absolute atomic E-state index is 0.273. The molecule has 3 rings (SSSR count). The summed E-state index contributed by atoms with van der Waals surface area (Å²) in [5, 5.41) is 6.25. The van der Waals surface area contributed by atoms with E-state index in [4.69, 9.17) is 4.99 Å². The van der Waals surface area contributed by atoms with Gasteiger partial charge in [0.1, 0.15) is 0 Å². The molecule has 0 heterocycles. The second-order valence-corrected chi connectivity index (χ2v) is 9.58. The zero-order valence-electron chi connectivity index (χ0n) is 17.7. The lowest BCUT2D eigenvalue weighted by Gasteiger charge is -2.38. The van der Waals surface area contributed by atoms with Crippen LogP contribution in [0.2, 0.25) is 0 Å². The van der Waals surface area contributed by atoms with Crippen LogP contribution < -0.4 is 15.9 Å². The summed E-state index contributed by atoms with van der Waals surface area (Å²) in [6, 6.07) is 32.3. The molecular formula is C25H30N3P. The normalized spacial score (nSPS) is 11.9. The SMILES string of the molecule is CC(C)N/C(=N\c1ccccc1)N(C(C)C)P(c1ccccc1)c1ccccc1. The van der Waals surface area contributed by atoms with E-state index < -0.39 is 8.07 Å². The Morgan fingerprint density at radius 1 is 0.724 bits per heavy atom. The number of nitrogens with zero attached hydrogens (tertiary/aromatic N) is 2. The molecule has 0 amide bonds. The maximum Gasteiger partial charge on any atom is 0.203 e. The number of aliphatic imine (C=N–C) groups is 1. The number of para-hydroxylation sites is 1. The molecule has 4 heteroatoms. The van der Waals surface area contributed by atoms with E-state index in [1.807, 2.05) is 30.3 Å². The van der Waals surface area contributed by atoms with E-state index in [-0.39, 0.29) is 12.1 Å². The summed E-state index contributed by atoms with van der Waals surface area (Å²) in [5.74, 6) is 0.917. The predicted molar refractivity (Wildman–Crippen MR) is 128 cm³/mol. The molecule has 0 aliphatic carbocycles. The molecule has 1 N–H and O–H groups in total. The van der Waals surface area contributed by atoms with Crippen LogP contribution in [-0.4, -0.2) is 22.7 Å². The Labute approximate surface area is 176 Å². The van der Waals surface area contributed by atoms with Gasteiger partial charge in [0.15, 0.2) is 0 Å². The first-order valence-electron chi connectivity index (χ1n) is 10.2. The fraction of sp³-hybridized carbons (Fsp3) is 0.240. The van der Waals surface area contributed by atoms with Crippen LogP contribution in [0.25, 0.3) is 0 Å². The molecular weight excluding hydrogens is 373 g/mol. The molecule has 0 aliphatic heterocycles. The van der Waals surface area contributed by atoms with E-state index in [0.29, 0.717) is 0 Å². The third-order valence-corrected chi connectivity index (χ3v) is 6.99. The molecule has 3 aromatic rings. The smallest absolute Gasteiger partial charge is 0.203 e. The lowest BCUT2D eigenvalue weighted by Crippen LogP contribution is -2.47. The predicted octanol–water partition coefficient (Wildman–Crippen LogP) is 5.43. The number of hydrogen-bond acceptors (Lipinski definition) is 1. The largest absolute Gasteiger partial charge is 0.354 e. The molecule has 0 unspecified atom stereocenters. The molecule has 0 aromatic heterocycles. The molecule has 0 radical (unpaired) electrons. The first-order valence-corrected chi connectivity index (χ1v) is 11.5. The molecule has 0 saturated carbocycles. The van der Waals surface area contributed by atoms with Gasteiger partial charge in [-0.1, -0.05) is 78.9 Å². The van der Waals surface area contributed by atoms with E-state index in [1.165, 1.54) is 10.6 Å². The Balaban J connectivity index is 2.15. The highest BCUT2D eigenvalue weighted by Crippen LogP contribution is 2.40. The Bertz CT molecular complexity index is 854. The lowest BCUT2D eigenvalue weighted by molar-refractivity contribution is 0.511. The third kappa shape index (κ3) is 5.68. The van der Waals surface area contributed by atoms with Gasteiger partial charge in [0.25, 0.3) is 0 Å². The van der Waals surface area contributed by atoms with Gasteiger partial charge >= 0.3 is 0 Å². The van der Waals surface area contributed by atoms with Crippen molar-refractivity contribution >= 4 is 30.3 Å². The molecule has 0 saturated heterocycles. The van der Waals surface area contributed by atoms with E-state index in [0.717, 1.165) is 11.6 Å². The van der Waals surface area contributed by atoms with Gasteiger partial charge in [-0.3, -0.25) is 0 Å². The number of benzene rings is 3. The average molecular weight is 404 g/mol. The molecule has 150 valence electrons. The van der Waals surface area contributed by atoms with E-state index in [1.54, 1.807) is 0 Å². The topological polar surface area (TPSA) is 27.6 Å². The fourth-order valence-corrected chi connectivity index (χ4v) is 5.60. The zero-order chi connectivity index (χ0) is 20.6. The van der Waals surface area contributed by atoms with Crippen molar-refractivity contribution in [1.82, 2.24) is 9.99 Å². The second-order valence-electron chi connectivity index (χ2n) is 7.49. The maximum absolute atomic E-state index is 5.04. The molecule has 3 aromatic carbocycles. The van der Waals surface area contributed by atoms with Crippen LogP contribution in [0, 0.1) is 0 Å². The van der Waals surface area contributed by atoms with Crippen molar-refractivity contribution in [3.63, 3.8) is 0 Å². The minimum Gasteiger partial charge on any atom is -0.354 e. The van der Waals surface area contributed by atoms with E-state index in [2.05, 4.69) is 98.3 Å². The van der Waals surface area contributed by atoms with Crippen LogP contribution in [0.1, 0.15) is 27.7 Å². The summed E-state index contributed by atoms with van der Waals surface area (Å²) in [6.07, 6.45) is 0. The highest BCUT2D eigenvalue weighted by molar-refractivity contribution is 7.71. The third-order valence-electron chi connectivity index (χ3n) is 4.33. The van der Waals surface area contributed by atoms with Crippen LogP contribution >= 0.6 is 8.07 Å². The number of nitrogens with one attached hydrogen (secondary N) is 1. The van der Waals surface area contributed by atoms with Crippen LogP contribution in [0.5, 0.6) is 0 Å². The molecule has 0 spiro atoms. The Morgan fingerprint density at radius 3 is 1.59 bits per heavy atom. The highest BCUT2D eigenvalue weighted by atomic mass is 31.1. The molecule has 0 bridgehead atoms. The van der Waals surface area contributed by atoms with E-state index >= 15 is 0 Å². The summed E-state index contributed by atoms with van der Waals surface area (Å²) in [4.78, 5) is 5.04. The average Bonchev–Trinajstić information content (AvgIpc) is 2.73. The molecule has 0 aliphatic rings. The van der Waals surface area contributed by atoms with Gasteiger partial charge in [-0.2, -0.15) is 0 Å². The van der Waals surface area contributed by atoms with Crippen molar-refractivity contribution in [3.8, 4) is 0 Å². The first-order chi connectivity index (χ1) is 14.1. The van der Waals surface area contributed by atoms with Crippen molar-refractivity contribution in [1.29, 1.82) is 0 Å². The van der Waals surface area contributed by atoms with Crippen molar-refractivity contribution in [2.75, 3.05) is 0 Å². The van der Waals surface area contributed by atoms with Crippen LogP contribution in [0.4, 0.5) is 5.69 Å². The van der Waals surface area contributed by atoms with Gasteiger partial charge in [0.05, 0.1) is 13.8 Å². The molecule has 29 heavy (non-hydrogen) atoms. The van der Waals surface area contributed by atoms with Crippen molar-refractivity contribution < 1.29 is 0 Å². The Morgan fingerprint density at radius 2 is 1.17 bits per heavy atom. The molecule has 0 atom stereocenters. The number of rotatable bonds is 6. The summed E-state index contributed by atoms with van der Waals surface area (Å²) in [5.41, 5.74) is 0.956. The van der Waals surface area contributed by atoms with Gasteiger partial charge in [0, 0.05) is 22.7 Å². The van der Waals surface area contributed by atoms with E-state index in [9.17, 15) is 0 Å². The first kappa shape index (κ1) is 21.1. The summed E-state index contributed by atoms with van der Waals surface area (Å²) < 4.78 is 2.45. The maximum atomic E-state index is 5.04.